The van der Waals surface area contributed by atoms with Crippen LogP contribution in [0.5, 0.6) is 0 Å². The fourth-order valence-corrected chi connectivity index (χ4v) is 3.41. The van der Waals surface area contributed by atoms with Crippen molar-refractivity contribution in [1.82, 2.24) is 0 Å². The van der Waals surface area contributed by atoms with Gasteiger partial charge in [-0.1, -0.05) is 41.9 Å². The number of carbonyl (C=O) groups is 1. The Morgan fingerprint density at radius 2 is 1.78 bits per heavy atom. The third kappa shape index (κ3) is 2.00. The number of rotatable bonds is 1. The number of amides is 1. The van der Waals surface area contributed by atoms with Crippen LogP contribution in [0.15, 0.2) is 53.4 Å². The van der Waals surface area contributed by atoms with Gasteiger partial charge in [-0.2, -0.15) is 0 Å². The summed E-state index contributed by atoms with van der Waals surface area (Å²) in [5.74, 6) is -0.0215. The molecule has 0 saturated carbocycles. The molecule has 18 heavy (non-hydrogen) atoms. The van der Waals surface area contributed by atoms with Crippen LogP contribution >= 0.6 is 23.4 Å². The first kappa shape index (κ1) is 11.6. The summed E-state index contributed by atoms with van der Waals surface area (Å²) >= 11 is 7.69. The molecule has 0 saturated heterocycles. The normalized spacial score (nSPS) is 18.1. The van der Waals surface area contributed by atoms with E-state index in [2.05, 4.69) is 5.32 Å². The average Bonchev–Trinajstić information content (AvgIpc) is 2.39. The van der Waals surface area contributed by atoms with E-state index in [1.54, 1.807) is 0 Å². The van der Waals surface area contributed by atoms with Crippen LogP contribution in [0, 0.1) is 0 Å². The molecule has 0 fully saturated rings. The molecule has 2 nitrogen and oxygen atoms in total. The molecule has 0 aromatic heterocycles. The maximum absolute atomic E-state index is 12.1. The Morgan fingerprint density at radius 3 is 2.61 bits per heavy atom. The summed E-state index contributed by atoms with van der Waals surface area (Å²) < 4.78 is 0. The number of hydrogen-bond donors (Lipinski definition) is 1. The molecule has 90 valence electrons. The number of carbonyl (C=O) groups excluding carboxylic acids is 1. The zero-order valence-corrected chi connectivity index (χ0v) is 11.0. The van der Waals surface area contributed by atoms with Gasteiger partial charge in [0.15, 0.2) is 0 Å². The molecule has 0 spiro atoms. The Balaban J connectivity index is 2.01. The predicted molar refractivity (Wildman–Crippen MR) is 75.1 cm³/mol. The van der Waals surface area contributed by atoms with Crippen LogP contribution in [0.2, 0.25) is 5.02 Å². The second kappa shape index (κ2) is 4.67. The van der Waals surface area contributed by atoms with Gasteiger partial charge in [0, 0.05) is 9.92 Å². The largest absolute Gasteiger partial charge is 0.324 e. The van der Waals surface area contributed by atoms with Crippen molar-refractivity contribution < 1.29 is 4.79 Å². The SMILES string of the molecule is O=C1Nc2ccccc2S[C@@H]1c1ccccc1Cl. The summed E-state index contributed by atoms with van der Waals surface area (Å²) in [5.41, 5.74) is 1.73. The Labute approximate surface area is 114 Å². The number of thioether (sulfide) groups is 1. The van der Waals surface area contributed by atoms with Gasteiger partial charge >= 0.3 is 0 Å². The van der Waals surface area contributed by atoms with Crippen molar-refractivity contribution in [2.75, 3.05) is 5.32 Å². The highest BCUT2D eigenvalue weighted by Gasteiger charge is 2.29. The summed E-state index contributed by atoms with van der Waals surface area (Å²) in [6, 6.07) is 15.3. The number of nitrogens with one attached hydrogen (secondary N) is 1. The number of hydrogen-bond acceptors (Lipinski definition) is 2. The van der Waals surface area contributed by atoms with Crippen LogP contribution in [0.3, 0.4) is 0 Å². The van der Waals surface area contributed by atoms with Gasteiger partial charge in [-0.25, -0.2) is 0 Å². The van der Waals surface area contributed by atoms with E-state index in [9.17, 15) is 4.79 Å². The van der Waals surface area contributed by atoms with Crippen LogP contribution in [-0.2, 0) is 4.79 Å². The van der Waals surface area contributed by atoms with E-state index in [4.69, 9.17) is 11.6 Å². The number of anilines is 1. The molecule has 1 N–H and O–H groups in total. The molecular formula is C14H10ClNOS. The Kier molecular flexibility index (Phi) is 3.02. The fraction of sp³-hybridized carbons (Fsp3) is 0.0714. The quantitative estimate of drug-likeness (QED) is 0.848. The van der Waals surface area contributed by atoms with Crippen molar-refractivity contribution in [1.29, 1.82) is 0 Å². The molecule has 3 rings (SSSR count). The summed E-state index contributed by atoms with van der Waals surface area (Å²) in [6.07, 6.45) is 0. The Morgan fingerprint density at radius 1 is 1.06 bits per heavy atom. The summed E-state index contributed by atoms with van der Waals surface area (Å²) in [7, 11) is 0. The molecule has 1 aliphatic heterocycles. The van der Waals surface area contributed by atoms with Gasteiger partial charge in [0.05, 0.1) is 5.69 Å². The molecule has 2 aromatic rings. The number of halogens is 1. The summed E-state index contributed by atoms with van der Waals surface area (Å²) in [6.45, 7) is 0. The molecule has 1 amide bonds. The van der Waals surface area contributed by atoms with Gasteiger partial charge in [-0.15, -0.1) is 11.8 Å². The third-order valence-corrected chi connectivity index (χ3v) is 4.47. The van der Waals surface area contributed by atoms with Gasteiger partial charge in [0.1, 0.15) is 5.25 Å². The van der Waals surface area contributed by atoms with E-state index in [-0.39, 0.29) is 11.2 Å². The standard InChI is InChI=1S/C14H10ClNOS/c15-10-6-2-1-5-9(10)13-14(17)16-11-7-3-4-8-12(11)18-13/h1-8,13H,(H,16,17)/t13-/m1/s1. The van der Waals surface area contributed by atoms with Crippen LogP contribution < -0.4 is 5.32 Å². The van der Waals surface area contributed by atoms with E-state index in [1.165, 1.54) is 11.8 Å². The molecule has 0 radical (unpaired) electrons. The zero-order chi connectivity index (χ0) is 12.5. The second-order valence-corrected chi connectivity index (χ2v) is 5.56. The van der Waals surface area contributed by atoms with Gasteiger partial charge in [0.2, 0.25) is 5.91 Å². The highest BCUT2D eigenvalue weighted by atomic mass is 35.5. The smallest absolute Gasteiger partial charge is 0.242 e. The lowest BCUT2D eigenvalue weighted by atomic mass is 10.1. The molecule has 0 aliphatic carbocycles. The first-order valence-corrected chi connectivity index (χ1v) is 6.82. The van der Waals surface area contributed by atoms with Crippen molar-refractivity contribution in [3.05, 3.63) is 59.1 Å². The molecule has 0 bridgehead atoms. The maximum atomic E-state index is 12.1. The van der Waals surface area contributed by atoms with Crippen molar-refractivity contribution in [2.24, 2.45) is 0 Å². The third-order valence-electron chi connectivity index (χ3n) is 2.82. The lowest BCUT2D eigenvalue weighted by Crippen LogP contribution is -2.23. The second-order valence-electron chi connectivity index (χ2n) is 4.00. The Hall–Kier alpha value is -1.45. The molecule has 1 aliphatic rings. The van der Waals surface area contributed by atoms with Crippen molar-refractivity contribution in [2.45, 2.75) is 10.1 Å². The predicted octanol–water partition coefficient (Wildman–Crippen LogP) is 4.13. The van der Waals surface area contributed by atoms with E-state index in [1.807, 2.05) is 48.5 Å². The summed E-state index contributed by atoms with van der Waals surface area (Å²) in [4.78, 5) is 13.2. The van der Waals surface area contributed by atoms with E-state index < -0.39 is 0 Å². The average molecular weight is 276 g/mol. The maximum Gasteiger partial charge on any atom is 0.242 e. The van der Waals surface area contributed by atoms with E-state index >= 15 is 0 Å². The van der Waals surface area contributed by atoms with Crippen molar-refractivity contribution in [3.63, 3.8) is 0 Å². The lowest BCUT2D eigenvalue weighted by molar-refractivity contribution is -0.115. The first-order valence-electron chi connectivity index (χ1n) is 5.56. The number of fused-ring (bicyclic) bond motifs is 1. The number of benzene rings is 2. The van der Waals surface area contributed by atoms with E-state index in [0.717, 1.165) is 16.1 Å². The molecule has 2 aromatic carbocycles. The van der Waals surface area contributed by atoms with Crippen LogP contribution in [-0.4, -0.2) is 5.91 Å². The first-order chi connectivity index (χ1) is 8.75. The minimum atomic E-state index is -0.284. The van der Waals surface area contributed by atoms with Crippen molar-refractivity contribution >= 4 is 35.0 Å². The fourth-order valence-electron chi connectivity index (χ4n) is 1.94. The van der Waals surface area contributed by atoms with Crippen LogP contribution in [0.25, 0.3) is 0 Å². The zero-order valence-electron chi connectivity index (χ0n) is 9.39. The molecule has 1 heterocycles. The summed E-state index contributed by atoms with van der Waals surface area (Å²) in [5, 5.41) is 3.26. The lowest BCUT2D eigenvalue weighted by Gasteiger charge is -2.24. The van der Waals surface area contributed by atoms with Crippen molar-refractivity contribution in [3.8, 4) is 0 Å². The Bertz CT molecular complexity index is 614. The molecule has 0 unspecified atom stereocenters. The van der Waals surface area contributed by atoms with Gasteiger partial charge in [-0.3, -0.25) is 4.79 Å². The highest BCUT2D eigenvalue weighted by molar-refractivity contribution is 8.00. The minimum Gasteiger partial charge on any atom is -0.324 e. The van der Waals surface area contributed by atoms with Gasteiger partial charge in [-0.05, 0) is 23.8 Å². The monoisotopic (exact) mass is 275 g/mol. The van der Waals surface area contributed by atoms with Crippen LogP contribution in [0.1, 0.15) is 10.8 Å². The van der Waals surface area contributed by atoms with E-state index in [0.29, 0.717) is 5.02 Å². The molecule has 4 heteroatoms. The van der Waals surface area contributed by atoms with Gasteiger partial charge in [0.25, 0.3) is 0 Å². The van der Waals surface area contributed by atoms with Crippen LogP contribution in [0.4, 0.5) is 5.69 Å². The molecular weight excluding hydrogens is 266 g/mol. The topological polar surface area (TPSA) is 29.1 Å². The van der Waals surface area contributed by atoms with Gasteiger partial charge < -0.3 is 5.32 Å². The highest BCUT2D eigenvalue weighted by Crippen LogP contribution is 2.45. The molecule has 1 atom stereocenters. The minimum absolute atomic E-state index is 0.0215. The number of para-hydroxylation sites is 1.